The number of primary amides is 1. The summed E-state index contributed by atoms with van der Waals surface area (Å²) >= 11 is 5.81. The summed E-state index contributed by atoms with van der Waals surface area (Å²) in [5.41, 5.74) is 2.62. The first-order valence-corrected chi connectivity index (χ1v) is 9.15. The maximum absolute atomic E-state index is 12.2. The van der Waals surface area contributed by atoms with E-state index in [1.54, 1.807) is 24.3 Å². The summed E-state index contributed by atoms with van der Waals surface area (Å²) < 4.78 is 33.2. The zero-order valence-corrected chi connectivity index (χ0v) is 14.7. The molecule has 0 spiro atoms. The molecule has 1 aromatic carbocycles. The molecule has 1 aliphatic rings. The van der Waals surface area contributed by atoms with Crippen molar-refractivity contribution >= 4 is 27.7 Å². The first-order valence-electron chi connectivity index (χ1n) is 7.34. The number of carbonyl (C=O) groups excluding carboxylic acids is 1. The van der Waals surface area contributed by atoms with Crippen molar-refractivity contribution in [2.75, 3.05) is 13.1 Å². The molecule has 134 valence electrons. The molecule has 24 heavy (non-hydrogen) atoms. The Morgan fingerprint density at radius 2 is 1.92 bits per heavy atom. The van der Waals surface area contributed by atoms with Gasteiger partial charge in [0.25, 0.3) is 16.1 Å². The monoisotopic (exact) mass is 377 g/mol. The van der Waals surface area contributed by atoms with E-state index >= 15 is 0 Å². The summed E-state index contributed by atoms with van der Waals surface area (Å²) in [6, 6.07) is 6.92. The largest absolute Gasteiger partial charge is 0.490 e. The van der Waals surface area contributed by atoms with E-state index in [1.807, 2.05) is 4.72 Å². The third-order valence-corrected chi connectivity index (χ3v) is 5.62. The van der Waals surface area contributed by atoms with Crippen LogP contribution in [-0.4, -0.2) is 48.7 Å². The standard InChI is InChI=1S/C14H20ClN3O5S/c1-14(20,13(16)19)17-24(21,22)18-8-6-12(7-9-18)23-11-4-2-10(15)3-5-11/h2-5,12,17,20H,6-9H2,1H3,(H2,16,19)/t14-/m1/s1. The summed E-state index contributed by atoms with van der Waals surface area (Å²) in [5, 5.41) is 10.3. The number of rotatable bonds is 6. The number of hydrogen-bond acceptors (Lipinski definition) is 5. The van der Waals surface area contributed by atoms with Crippen molar-refractivity contribution in [3.05, 3.63) is 29.3 Å². The van der Waals surface area contributed by atoms with Crippen LogP contribution in [0, 0.1) is 0 Å². The lowest BCUT2D eigenvalue weighted by Crippen LogP contribution is -2.59. The predicted molar refractivity (Wildman–Crippen MR) is 88.5 cm³/mol. The summed E-state index contributed by atoms with van der Waals surface area (Å²) in [6.07, 6.45) is 0.819. The van der Waals surface area contributed by atoms with Gasteiger partial charge in [-0.1, -0.05) is 11.6 Å². The van der Waals surface area contributed by atoms with E-state index in [-0.39, 0.29) is 19.2 Å². The topological polar surface area (TPSA) is 122 Å². The Hall–Kier alpha value is -1.39. The highest BCUT2D eigenvalue weighted by Gasteiger charge is 2.37. The van der Waals surface area contributed by atoms with Gasteiger partial charge in [0, 0.05) is 18.1 Å². The number of carbonyl (C=O) groups is 1. The van der Waals surface area contributed by atoms with Crippen molar-refractivity contribution in [2.45, 2.75) is 31.6 Å². The van der Waals surface area contributed by atoms with E-state index in [0.717, 1.165) is 11.2 Å². The van der Waals surface area contributed by atoms with Gasteiger partial charge < -0.3 is 15.6 Å². The molecular formula is C14H20ClN3O5S. The van der Waals surface area contributed by atoms with Crippen molar-refractivity contribution < 1.29 is 23.1 Å². The smallest absolute Gasteiger partial charge is 0.282 e. The van der Waals surface area contributed by atoms with Gasteiger partial charge in [0.1, 0.15) is 11.9 Å². The van der Waals surface area contributed by atoms with Crippen molar-refractivity contribution in [1.29, 1.82) is 0 Å². The van der Waals surface area contributed by atoms with Crippen LogP contribution in [0.1, 0.15) is 19.8 Å². The molecule has 1 heterocycles. The molecule has 1 amide bonds. The number of halogens is 1. The van der Waals surface area contributed by atoms with Crippen molar-refractivity contribution in [2.24, 2.45) is 5.73 Å². The molecular weight excluding hydrogens is 358 g/mol. The average Bonchev–Trinajstić information content (AvgIpc) is 2.49. The summed E-state index contributed by atoms with van der Waals surface area (Å²) in [5.74, 6) is -0.512. The number of piperidine rings is 1. The third-order valence-electron chi connectivity index (χ3n) is 3.66. The first kappa shape index (κ1) is 18.9. The molecule has 1 atom stereocenters. The van der Waals surface area contributed by atoms with Gasteiger partial charge in [-0.2, -0.15) is 17.4 Å². The number of ether oxygens (including phenoxy) is 1. The van der Waals surface area contributed by atoms with E-state index < -0.39 is 21.8 Å². The molecule has 1 fully saturated rings. The third kappa shape index (κ3) is 4.81. The minimum atomic E-state index is -4.03. The van der Waals surface area contributed by atoms with Gasteiger partial charge in [0.2, 0.25) is 5.72 Å². The molecule has 0 unspecified atom stereocenters. The first-order chi connectivity index (χ1) is 11.1. The molecule has 2 rings (SSSR count). The zero-order chi connectivity index (χ0) is 18.0. The Morgan fingerprint density at radius 3 is 2.42 bits per heavy atom. The van der Waals surface area contributed by atoms with E-state index in [2.05, 4.69) is 0 Å². The Kier molecular flexibility index (Phi) is 5.71. The van der Waals surface area contributed by atoms with Gasteiger partial charge >= 0.3 is 0 Å². The van der Waals surface area contributed by atoms with E-state index in [1.165, 1.54) is 0 Å². The van der Waals surface area contributed by atoms with Gasteiger partial charge in [0.15, 0.2) is 0 Å². The molecule has 1 saturated heterocycles. The van der Waals surface area contributed by atoms with Gasteiger partial charge in [-0.15, -0.1) is 0 Å². The van der Waals surface area contributed by atoms with Crippen LogP contribution in [0.4, 0.5) is 0 Å². The predicted octanol–water partition coefficient (Wildman–Crippen LogP) is 0.211. The van der Waals surface area contributed by atoms with Crippen LogP contribution in [0.15, 0.2) is 24.3 Å². The van der Waals surface area contributed by atoms with Gasteiger partial charge in [-0.05, 0) is 44.0 Å². The van der Waals surface area contributed by atoms with Crippen LogP contribution >= 0.6 is 11.6 Å². The van der Waals surface area contributed by atoms with Crippen molar-refractivity contribution in [1.82, 2.24) is 9.03 Å². The highest BCUT2D eigenvalue weighted by molar-refractivity contribution is 7.87. The molecule has 0 bridgehead atoms. The Labute approximate surface area is 145 Å². The second-order valence-corrected chi connectivity index (χ2v) is 7.82. The maximum atomic E-state index is 12.2. The van der Waals surface area contributed by atoms with Crippen LogP contribution in [-0.2, 0) is 15.0 Å². The van der Waals surface area contributed by atoms with Crippen LogP contribution in [0.2, 0.25) is 5.02 Å². The molecule has 0 radical (unpaired) electrons. The second-order valence-electron chi connectivity index (χ2n) is 5.71. The quantitative estimate of drug-likeness (QED) is 0.612. The molecule has 10 heteroatoms. The lowest BCUT2D eigenvalue weighted by Gasteiger charge is -2.33. The SMILES string of the molecule is C[C@](O)(NS(=O)(=O)N1CCC(Oc2ccc(Cl)cc2)CC1)C(N)=O. The van der Waals surface area contributed by atoms with Crippen LogP contribution in [0.25, 0.3) is 0 Å². The van der Waals surface area contributed by atoms with E-state index in [0.29, 0.717) is 23.6 Å². The maximum Gasteiger partial charge on any atom is 0.282 e. The minimum Gasteiger partial charge on any atom is -0.490 e. The fourth-order valence-electron chi connectivity index (χ4n) is 2.26. The Morgan fingerprint density at radius 1 is 1.38 bits per heavy atom. The number of nitrogens with two attached hydrogens (primary N) is 1. The number of hydrogen-bond donors (Lipinski definition) is 3. The normalized spacial score (nSPS) is 19.6. The molecule has 1 aromatic rings. The van der Waals surface area contributed by atoms with E-state index in [4.69, 9.17) is 22.1 Å². The lowest BCUT2D eigenvalue weighted by atomic mass is 10.1. The minimum absolute atomic E-state index is 0.130. The van der Waals surface area contributed by atoms with Gasteiger partial charge in [-0.25, -0.2) is 0 Å². The van der Waals surface area contributed by atoms with Gasteiger partial charge in [0.05, 0.1) is 0 Å². The highest BCUT2D eigenvalue weighted by Crippen LogP contribution is 2.22. The van der Waals surface area contributed by atoms with Crippen LogP contribution in [0.5, 0.6) is 5.75 Å². The molecule has 0 saturated carbocycles. The second kappa shape index (κ2) is 7.24. The number of aliphatic hydroxyl groups is 1. The Bertz CT molecular complexity index is 685. The average molecular weight is 378 g/mol. The van der Waals surface area contributed by atoms with Crippen molar-refractivity contribution in [3.8, 4) is 5.75 Å². The highest BCUT2D eigenvalue weighted by atomic mass is 35.5. The molecule has 8 nitrogen and oxygen atoms in total. The molecule has 1 aliphatic heterocycles. The number of amides is 1. The summed E-state index contributed by atoms with van der Waals surface area (Å²) in [6.45, 7) is 1.38. The van der Waals surface area contributed by atoms with Crippen LogP contribution < -0.4 is 15.2 Å². The molecule has 4 N–H and O–H groups in total. The van der Waals surface area contributed by atoms with E-state index in [9.17, 15) is 18.3 Å². The Balaban J connectivity index is 1.92. The van der Waals surface area contributed by atoms with Crippen molar-refractivity contribution in [3.63, 3.8) is 0 Å². The number of nitrogens with zero attached hydrogens (tertiary/aromatic N) is 1. The fourth-order valence-corrected chi connectivity index (χ4v) is 3.81. The summed E-state index contributed by atoms with van der Waals surface area (Å²) in [7, 11) is -4.03. The summed E-state index contributed by atoms with van der Waals surface area (Å²) in [4.78, 5) is 11.1. The van der Waals surface area contributed by atoms with Gasteiger partial charge in [-0.3, -0.25) is 4.79 Å². The van der Waals surface area contributed by atoms with Crippen LogP contribution in [0.3, 0.4) is 0 Å². The zero-order valence-electron chi connectivity index (χ0n) is 13.1. The fraction of sp³-hybridized carbons (Fsp3) is 0.500. The lowest BCUT2D eigenvalue weighted by molar-refractivity contribution is -0.135. The molecule has 0 aromatic heterocycles. The number of nitrogens with one attached hydrogen (secondary N) is 1. The molecule has 0 aliphatic carbocycles. The number of benzene rings is 1.